The molecule has 3 N–H and O–H groups in total. The van der Waals surface area contributed by atoms with Crippen molar-refractivity contribution < 1.29 is 28.7 Å². The number of aryl methyl sites for hydroxylation is 1. The van der Waals surface area contributed by atoms with Crippen LogP contribution < -0.4 is 25.7 Å². The monoisotopic (exact) mass is 742 g/mol. The lowest BCUT2D eigenvalue weighted by molar-refractivity contribution is -0.133. The number of para-hydroxylation sites is 2. The van der Waals surface area contributed by atoms with E-state index in [0.29, 0.717) is 46.2 Å². The molecule has 3 aromatic carbocycles. The minimum Gasteiger partial charge on any atom is -0.424 e. The van der Waals surface area contributed by atoms with Crippen molar-refractivity contribution in [3.05, 3.63) is 73.7 Å². The average molecular weight is 743 g/mol. The Bertz CT molecular complexity index is 2630. The van der Waals surface area contributed by atoms with Gasteiger partial charge in [0, 0.05) is 19.5 Å². The molecule has 0 radical (unpaired) electrons. The van der Waals surface area contributed by atoms with Crippen LogP contribution in [0.3, 0.4) is 0 Å². The zero-order chi connectivity index (χ0) is 35.0. The fourth-order valence-corrected chi connectivity index (χ4v) is 11.4. The molecule has 50 heavy (non-hydrogen) atoms. The predicted molar refractivity (Wildman–Crippen MR) is 192 cm³/mol. The molecule has 0 unspecified atom stereocenters. The third-order valence-corrected chi connectivity index (χ3v) is 12.8. The summed E-state index contributed by atoms with van der Waals surface area (Å²) in [7, 11) is 0. The molecule has 0 saturated carbocycles. The number of hydrogen-bond acceptors (Lipinski definition) is 13. The Morgan fingerprint density at radius 1 is 0.820 bits per heavy atom. The van der Waals surface area contributed by atoms with Gasteiger partial charge in [-0.15, -0.1) is 0 Å². The number of nitrogens with zero attached hydrogens (tertiary/aromatic N) is 3. The van der Waals surface area contributed by atoms with Gasteiger partial charge in [0.15, 0.2) is 22.9 Å². The van der Waals surface area contributed by atoms with E-state index in [-0.39, 0.29) is 17.1 Å². The van der Waals surface area contributed by atoms with Crippen molar-refractivity contribution in [2.45, 2.75) is 47.3 Å². The number of amides is 1. The molecule has 0 saturated heterocycles. The summed E-state index contributed by atoms with van der Waals surface area (Å²) in [6.45, 7) is 5.74. The minimum absolute atomic E-state index is 0.138. The van der Waals surface area contributed by atoms with Crippen molar-refractivity contribution >= 4 is 108 Å². The van der Waals surface area contributed by atoms with Gasteiger partial charge in [0.1, 0.15) is 5.57 Å². The van der Waals surface area contributed by atoms with Gasteiger partial charge in [0.05, 0.1) is 61.0 Å². The van der Waals surface area contributed by atoms with Gasteiger partial charge in [-0.25, -0.2) is 14.3 Å². The normalized spacial score (nSPS) is 13.6. The zero-order valence-corrected chi connectivity index (χ0v) is 29.6. The van der Waals surface area contributed by atoms with E-state index in [2.05, 4.69) is 15.3 Å². The fraction of sp³-hybridized carbons (Fsp3) is 0.121. The highest BCUT2D eigenvalue weighted by Gasteiger charge is 2.40. The summed E-state index contributed by atoms with van der Waals surface area (Å²) in [5.74, 6) is -1.88. The number of Topliss-reactive ketones (excluding diaryl/α,β-unsaturated/α-hetero) is 1. The van der Waals surface area contributed by atoms with Gasteiger partial charge >= 0.3 is 17.6 Å². The topological polar surface area (TPSA) is 178 Å². The van der Waals surface area contributed by atoms with Gasteiger partial charge < -0.3 is 24.8 Å². The van der Waals surface area contributed by atoms with Crippen molar-refractivity contribution in [2.24, 2.45) is 0 Å². The maximum absolute atomic E-state index is 13.6. The molecule has 6 aromatic rings. The van der Waals surface area contributed by atoms with Crippen molar-refractivity contribution in [2.75, 3.05) is 5.32 Å². The SMILES string of the molecule is CC(=O)Oc1c2c(c(OC(C)=O)c3c1SC(=c1c(C)nn4c1nc1ccccc14)S3)SC(=C(C(C)=O)C(=O)Nc1ccc3[nH]c(=O)[nH]c3c1)S2. The van der Waals surface area contributed by atoms with Crippen LogP contribution in [0.15, 0.2) is 76.7 Å². The van der Waals surface area contributed by atoms with Crippen LogP contribution in [0.4, 0.5) is 5.69 Å². The van der Waals surface area contributed by atoms with Crippen molar-refractivity contribution in [3.63, 3.8) is 0 Å². The maximum Gasteiger partial charge on any atom is 0.323 e. The summed E-state index contributed by atoms with van der Waals surface area (Å²) >= 11 is 4.84. The van der Waals surface area contributed by atoms with Crippen molar-refractivity contribution in [3.8, 4) is 11.5 Å². The predicted octanol–water partition coefficient (Wildman–Crippen LogP) is 5.53. The second kappa shape index (κ2) is 12.1. The molecule has 17 heteroatoms. The number of esters is 2. The van der Waals surface area contributed by atoms with E-state index >= 15 is 0 Å². The van der Waals surface area contributed by atoms with E-state index in [9.17, 15) is 24.0 Å². The molecule has 0 spiro atoms. The summed E-state index contributed by atoms with van der Waals surface area (Å²) in [6, 6.07) is 12.5. The molecular weight excluding hydrogens is 721 g/mol. The van der Waals surface area contributed by atoms with Gasteiger partial charge in [-0.3, -0.25) is 19.2 Å². The number of carbonyl (C=O) groups is 4. The number of benzene rings is 3. The number of anilines is 1. The lowest BCUT2D eigenvalue weighted by Crippen LogP contribution is -2.19. The molecule has 0 bridgehead atoms. The van der Waals surface area contributed by atoms with Crippen LogP contribution in [0.1, 0.15) is 26.5 Å². The molecule has 0 aliphatic carbocycles. The largest absolute Gasteiger partial charge is 0.424 e. The Balaban J connectivity index is 1.25. The smallest absolute Gasteiger partial charge is 0.323 e. The number of aromatic amines is 2. The molecular formula is C33H22N6O7S4. The second-order valence-corrected chi connectivity index (χ2v) is 15.8. The van der Waals surface area contributed by atoms with E-state index in [1.54, 1.807) is 22.7 Å². The highest BCUT2D eigenvalue weighted by molar-refractivity contribution is 8.32. The van der Waals surface area contributed by atoms with Gasteiger partial charge in [0.25, 0.3) is 5.91 Å². The molecule has 5 heterocycles. The quantitative estimate of drug-likeness (QED) is 0.0661. The summed E-state index contributed by atoms with van der Waals surface area (Å²) in [4.78, 5) is 75.5. The molecule has 0 fully saturated rings. The highest BCUT2D eigenvalue weighted by atomic mass is 32.2. The number of fused-ring (bicyclic) bond motifs is 6. The number of rotatable bonds is 5. The molecule has 250 valence electrons. The Hall–Kier alpha value is -4.97. The van der Waals surface area contributed by atoms with E-state index in [0.717, 1.165) is 49.7 Å². The number of carbonyl (C=O) groups excluding carboxylic acids is 4. The first-order valence-corrected chi connectivity index (χ1v) is 18.1. The van der Waals surface area contributed by atoms with Gasteiger partial charge in [-0.1, -0.05) is 59.2 Å². The lowest BCUT2D eigenvalue weighted by atomic mass is 10.2. The molecule has 1 amide bonds. The summed E-state index contributed by atoms with van der Waals surface area (Å²) in [5, 5.41) is 8.30. The number of hydrogen-bond donors (Lipinski definition) is 3. The molecule has 2 aliphatic heterocycles. The Morgan fingerprint density at radius 3 is 2.08 bits per heavy atom. The standard InChI is InChI=1S/C33H22N6O7S4/c1-12-21(29-35-18-7-5-6-8-20(18)39(29)38-12)31-47-25-23(45-14(3)41)27-28(24(26(25)48-31)46-15(4)42)50-32(49-27)22(13(2)40)30(43)34-16-9-10-17-19(11-16)37-33(44)36-17/h5-11H,1-4H3,(H,34,43)(H2,36,37,44). The highest BCUT2D eigenvalue weighted by Crippen LogP contribution is 2.68. The molecule has 8 rings (SSSR count). The first kappa shape index (κ1) is 32.2. The number of thioether (sulfide) groups is 4. The fourth-order valence-electron chi connectivity index (χ4n) is 5.66. The van der Waals surface area contributed by atoms with E-state index in [1.807, 2.05) is 31.2 Å². The number of H-pyrrole nitrogens is 2. The number of nitrogens with one attached hydrogen (secondary N) is 3. The molecule has 0 atom stereocenters. The lowest BCUT2D eigenvalue weighted by Gasteiger charge is -2.15. The van der Waals surface area contributed by atoms with E-state index in [4.69, 9.17) is 19.6 Å². The van der Waals surface area contributed by atoms with Crippen LogP contribution in [0.25, 0.3) is 32.0 Å². The third-order valence-electron chi connectivity index (χ3n) is 7.64. The molecule has 13 nitrogen and oxygen atoms in total. The zero-order valence-electron chi connectivity index (χ0n) is 26.4. The maximum atomic E-state index is 13.6. The summed E-state index contributed by atoms with van der Waals surface area (Å²) < 4.78 is 14.6. The summed E-state index contributed by atoms with van der Waals surface area (Å²) in [6.07, 6.45) is 0. The number of aromatic nitrogens is 5. The third kappa shape index (κ3) is 5.37. The van der Waals surface area contributed by atoms with Crippen LogP contribution in [0.5, 0.6) is 11.5 Å². The van der Waals surface area contributed by atoms with Crippen molar-refractivity contribution in [1.29, 1.82) is 0 Å². The Kier molecular flexibility index (Phi) is 7.81. The number of ketones is 1. The number of ether oxygens (including phenoxy) is 2. The van der Waals surface area contributed by atoms with Gasteiger partial charge in [-0.2, -0.15) is 5.10 Å². The second-order valence-electron chi connectivity index (χ2n) is 11.2. The van der Waals surface area contributed by atoms with Gasteiger partial charge in [0.2, 0.25) is 0 Å². The molecule has 2 aliphatic rings. The van der Waals surface area contributed by atoms with Crippen LogP contribution in [0.2, 0.25) is 0 Å². The van der Waals surface area contributed by atoms with E-state index < -0.39 is 29.3 Å². The Morgan fingerprint density at radius 2 is 1.44 bits per heavy atom. The van der Waals surface area contributed by atoms with Crippen LogP contribution in [0, 0.1) is 6.92 Å². The molecule has 3 aromatic heterocycles. The van der Waals surface area contributed by atoms with Crippen LogP contribution in [-0.2, 0) is 19.2 Å². The van der Waals surface area contributed by atoms with Crippen LogP contribution in [-0.4, -0.2) is 48.2 Å². The average Bonchev–Trinajstić information content (AvgIpc) is 3.86. The van der Waals surface area contributed by atoms with Crippen LogP contribution >= 0.6 is 47.0 Å². The number of imidazole rings is 2. The van der Waals surface area contributed by atoms with Crippen molar-refractivity contribution in [1.82, 2.24) is 24.6 Å². The summed E-state index contributed by atoms with van der Waals surface area (Å²) in [5.41, 5.74) is 3.92. The van der Waals surface area contributed by atoms with Gasteiger partial charge in [-0.05, 0) is 44.2 Å². The Labute approximate surface area is 298 Å². The minimum atomic E-state index is -0.678. The first-order chi connectivity index (χ1) is 24.0. The first-order valence-electron chi connectivity index (χ1n) is 14.9. The van der Waals surface area contributed by atoms with E-state index in [1.165, 1.54) is 44.3 Å².